The van der Waals surface area contributed by atoms with Gasteiger partial charge < -0.3 is 16.8 Å². The molecule has 0 rings (SSSR count). The molecule has 78 valence electrons. The second-order valence-corrected chi connectivity index (χ2v) is 3.18. The number of hydrogen-bond acceptors (Lipinski definition) is 3. The van der Waals surface area contributed by atoms with Gasteiger partial charge in [-0.15, -0.1) is 0 Å². The van der Waals surface area contributed by atoms with E-state index in [1.54, 1.807) is 0 Å². The Morgan fingerprint density at radius 2 is 2.15 bits per heavy atom. The van der Waals surface area contributed by atoms with Gasteiger partial charge in [0.15, 0.2) is 0 Å². The normalized spacial score (nSPS) is 12.5. The van der Waals surface area contributed by atoms with Gasteiger partial charge in [0.2, 0.25) is 5.91 Å². The van der Waals surface area contributed by atoms with Gasteiger partial charge in [-0.2, -0.15) is 0 Å². The first-order chi connectivity index (χ1) is 6.22. The molecular formula is C9H21N3O. The highest BCUT2D eigenvalue weighted by Gasteiger charge is 2.10. The van der Waals surface area contributed by atoms with Crippen LogP contribution in [0.15, 0.2) is 0 Å². The van der Waals surface area contributed by atoms with Crippen LogP contribution in [0.25, 0.3) is 0 Å². The van der Waals surface area contributed by atoms with Gasteiger partial charge >= 0.3 is 0 Å². The number of carbonyl (C=O) groups is 1. The van der Waals surface area contributed by atoms with E-state index >= 15 is 0 Å². The van der Waals surface area contributed by atoms with Crippen molar-refractivity contribution in [1.29, 1.82) is 0 Å². The maximum Gasteiger partial charge on any atom is 0.236 e. The highest BCUT2D eigenvalue weighted by Crippen LogP contribution is 1.93. The van der Waals surface area contributed by atoms with Gasteiger partial charge in [0.25, 0.3) is 0 Å². The molecule has 0 saturated heterocycles. The molecule has 0 heterocycles. The summed E-state index contributed by atoms with van der Waals surface area (Å²) in [5, 5.41) is 2.78. The van der Waals surface area contributed by atoms with E-state index in [2.05, 4.69) is 5.32 Å². The van der Waals surface area contributed by atoms with Crippen molar-refractivity contribution in [3.8, 4) is 0 Å². The Kier molecular flexibility index (Phi) is 7.63. The van der Waals surface area contributed by atoms with E-state index in [1.807, 2.05) is 6.92 Å². The molecule has 0 aliphatic heterocycles. The van der Waals surface area contributed by atoms with E-state index in [1.165, 1.54) is 0 Å². The summed E-state index contributed by atoms with van der Waals surface area (Å²) in [4.78, 5) is 11.2. The average molecular weight is 187 g/mol. The number of unbranched alkanes of at least 4 members (excludes halogenated alkanes) is 1. The van der Waals surface area contributed by atoms with Gasteiger partial charge in [-0.3, -0.25) is 4.79 Å². The summed E-state index contributed by atoms with van der Waals surface area (Å²) < 4.78 is 0. The molecular weight excluding hydrogens is 166 g/mol. The van der Waals surface area contributed by atoms with Crippen LogP contribution >= 0.6 is 0 Å². The van der Waals surface area contributed by atoms with E-state index < -0.39 is 0 Å². The average Bonchev–Trinajstić information content (AvgIpc) is 2.12. The van der Waals surface area contributed by atoms with E-state index in [0.29, 0.717) is 13.1 Å². The Morgan fingerprint density at radius 1 is 1.46 bits per heavy atom. The molecule has 0 aliphatic rings. The highest BCUT2D eigenvalue weighted by molar-refractivity contribution is 5.81. The van der Waals surface area contributed by atoms with Crippen molar-refractivity contribution in [2.75, 3.05) is 13.1 Å². The Morgan fingerprint density at radius 3 is 2.69 bits per heavy atom. The van der Waals surface area contributed by atoms with Gasteiger partial charge in [0, 0.05) is 6.54 Å². The monoisotopic (exact) mass is 187 g/mol. The molecule has 0 aliphatic carbocycles. The highest BCUT2D eigenvalue weighted by atomic mass is 16.2. The molecule has 0 aromatic rings. The Hall–Kier alpha value is -0.610. The molecule has 1 atom stereocenters. The third kappa shape index (κ3) is 6.54. The largest absolute Gasteiger partial charge is 0.355 e. The molecule has 0 spiro atoms. The lowest BCUT2D eigenvalue weighted by Gasteiger charge is -2.10. The predicted octanol–water partition coefficient (Wildman–Crippen LogP) is -0.0311. The molecule has 0 aromatic carbocycles. The fourth-order valence-corrected chi connectivity index (χ4v) is 1.05. The lowest BCUT2D eigenvalue weighted by atomic mass is 10.1. The second-order valence-electron chi connectivity index (χ2n) is 3.18. The van der Waals surface area contributed by atoms with Gasteiger partial charge in [-0.25, -0.2) is 0 Å². The quantitative estimate of drug-likeness (QED) is 0.489. The van der Waals surface area contributed by atoms with E-state index in [-0.39, 0.29) is 11.9 Å². The van der Waals surface area contributed by atoms with Crippen molar-refractivity contribution in [3.63, 3.8) is 0 Å². The first kappa shape index (κ1) is 12.4. The number of amides is 1. The van der Waals surface area contributed by atoms with Crippen LogP contribution in [0.1, 0.15) is 32.6 Å². The topological polar surface area (TPSA) is 81.1 Å². The first-order valence-electron chi connectivity index (χ1n) is 4.95. The lowest BCUT2D eigenvalue weighted by molar-refractivity contribution is -0.122. The van der Waals surface area contributed by atoms with Crippen molar-refractivity contribution in [2.45, 2.75) is 38.6 Å². The number of hydrogen-bond donors (Lipinski definition) is 3. The fourth-order valence-electron chi connectivity index (χ4n) is 1.05. The summed E-state index contributed by atoms with van der Waals surface area (Å²) >= 11 is 0. The van der Waals surface area contributed by atoms with Crippen molar-refractivity contribution < 1.29 is 4.79 Å². The molecule has 5 N–H and O–H groups in total. The third-order valence-electron chi connectivity index (χ3n) is 1.87. The molecule has 0 fully saturated rings. The SMILES string of the molecule is CCC[C@@H](N)C(=O)NCCCCN. The minimum absolute atomic E-state index is 0.0427. The third-order valence-corrected chi connectivity index (χ3v) is 1.87. The van der Waals surface area contributed by atoms with Crippen LogP contribution in [-0.4, -0.2) is 25.0 Å². The summed E-state index contributed by atoms with van der Waals surface area (Å²) in [6.45, 7) is 3.38. The van der Waals surface area contributed by atoms with Crippen LogP contribution in [0.5, 0.6) is 0 Å². The maximum atomic E-state index is 11.2. The zero-order valence-corrected chi connectivity index (χ0v) is 8.38. The number of rotatable bonds is 7. The first-order valence-corrected chi connectivity index (χ1v) is 4.95. The van der Waals surface area contributed by atoms with Crippen molar-refractivity contribution >= 4 is 5.91 Å². The minimum Gasteiger partial charge on any atom is -0.355 e. The summed E-state index contributed by atoms with van der Waals surface area (Å²) in [7, 11) is 0. The molecule has 4 heteroatoms. The van der Waals surface area contributed by atoms with Gasteiger partial charge in [0.05, 0.1) is 6.04 Å². The Balaban J connectivity index is 3.38. The smallest absolute Gasteiger partial charge is 0.236 e. The molecule has 0 unspecified atom stereocenters. The summed E-state index contributed by atoms with van der Waals surface area (Å²) in [5.74, 6) is -0.0427. The number of carbonyl (C=O) groups excluding carboxylic acids is 1. The van der Waals surface area contributed by atoms with Crippen LogP contribution < -0.4 is 16.8 Å². The second kappa shape index (κ2) is 8.01. The van der Waals surface area contributed by atoms with E-state index in [9.17, 15) is 4.79 Å². The zero-order chi connectivity index (χ0) is 10.1. The van der Waals surface area contributed by atoms with Crippen LogP contribution in [-0.2, 0) is 4.79 Å². The summed E-state index contributed by atoms with van der Waals surface area (Å²) in [6, 6.07) is -0.345. The van der Waals surface area contributed by atoms with Gasteiger partial charge in [0.1, 0.15) is 0 Å². The molecule has 13 heavy (non-hydrogen) atoms. The number of nitrogens with one attached hydrogen (secondary N) is 1. The van der Waals surface area contributed by atoms with E-state index in [0.717, 1.165) is 25.7 Å². The standard InChI is InChI=1S/C9H21N3O/c1-2-5-8(11)9(13)12-7-4-3-6-10/h8H,2-7,10-11H2,1H3,(H,12,13)/t8-/m1/s1. The Bertz CT molecular complexity index is 139. The van der Waals surface area contributed by atoms with Crippen molar-refractivity contribution in [1.82, 2.24) is 5.32 Å². The fraction of sp³-hybridized carbons (Fsp3) is 0.889. The van der Waals surface area contributed by atoms with Crippen molar-refractivity contribution in [2.24, 2.45) is 11.5 Å². The van der Waals surface area contributed by atoms with Crippen LogP contribution in [0.3, 0.4) is 0 Å². The summed E-state index contributed by atoms with van der Waals surface area (Å²) in [6.07, 6.45) is 3.57. The summed E-state index contributed by atoms with van der Waals surface area (Å²) in [5.41, 5.74) is 10.9. The number of nitrogens with two attached hydrogens (primary N) is 2. The molecule has 0 aromatic heterocycles. The Labute approximate surface area is 80.0 Å². The van der Waals surface area contributed by atoms with Gasteiger partial charge in [-0.05, 0) is 25.8 Å². The molecule has 4 nitrogen and oxygen atoms in total. The van der Waals surface area contributed by atoms with Crippen LogP contribution in [0, 0.1) is 0 Å². The van der Waals surface area contributed by atoms with Crippen LogP contribution in [0.2, 0.25) is 0 Å². The molecule has 0 radical (unpaired) electrons. The molecule has 0 bridgehead atoms. The van der Waals surface area contributed by atoms with Crippen LogP contribution in [0.4, 0.5) is 0 Å². The molecule has 1 amide bonds. The zero-order valence-electron chi connectivity index (χ0n) is 8.38. The lowest BCUT2D eigenvalue weighted by Crippen LogP contribution is -2.40. The molecule has 0 saturated carbocycles. The van der Waals surface area contributed by atoms with E-state index in [4.69, 9.17) is 11.5 Å². The maximum absolute atomic E-state index is 11.2. The van der Waals surface area contributed by atoms with Crippen molar-refractivity contribution in [3.05, 3.63) is 0 Å². The minimum atomic E-state index is -0.345. The predicted molar refractivity (Wildman–Crippen MR) is 54.2 cm³/mol. The van der Waals surface area contributed by atoms with Gasteiger partial charge in [-0.1, -0.05) is 13.3 Å².